The Kier molecular flexibility index (Phi) is 8.23. The lowest BCUT2D eigenvalue weighted by atomic mass is 10.00. The molecule has 8 nitrogen and oxygen atoms in total. The van der Waals surface area contributed by atoms with E-state index in [2.05, 4.69) is 21.8 Å². The number of methoxy groups -OCH3 is 2. The molecule has 0 spiro atoms. The van der Waals surface area contributed by atoms with Crippen LogP contribution in [0.1, 0.15) is 21.5 Å². The normalized spacial score (nSPS) is 14.9. The van der Waals surface area contributed by atoms with E-state index >= 15 is 0 Å². The number of carbonyl (C=O) groups excluding carboxylic acids is 1. The molecule has 1 saturated heterocycles. The van der Waals surface area contributed by atoms with Crippen LogP contribution in [-0.4, -0.2) is 69.0 Å². The van der Waals surface area contributed by atoms with Gasteiger partial charge in [-0.1, -0.05) is 18.2 Å². The lowest BCUT2D eigenvalue weighted by molar-refractivity contribution is 0.100. The van der Waals surface area contributed by atoms with Crippen molar-refractivity contribution in [3.05, 3.63) is 76.9 Å². The Morgan fingerprint density at radius 2 is 1.55 bits per heavy atom. The molecule has 3 aromatic rings. The van der Waals surface area contributed by atoms with Gasteiger partial charge in [0.1, 0.15) is 5.84 Å². The maximum atomic E-state index is 14.9. The highest BCUT2D eigenvalue weighted by Gasteiger charge is 2.22. The zero-order chi connectivity index (χ0) is 27.4. The molecule has 200 valence electrons. The number of halogens is 2. The van der Waals surface area contributed by atoms with Gasteiger partial charge < -0.3 is 25.8 Å². The number of nitrogens with two attached hydrogens (primary N) is 2. The summed E-state index contributed by atoms with van der Waals surface area (Å²) in [5.74, 6) is -2.78. The summed E-state index contributed by atoms with van der Waals surface area (Å²) >= 11 is 0. The number of aliphatic imine (C=N–C) groups is 1. The number of amidine groups is 1. The summed E-state index contributed by atoms with van der Waals surface area (Å²) in [5.41, 5.74) is 13.9. The molecule has 10 heteroatoms. The summed E-state index contributed by atoms with van der Waals surface area (Å²) in [6.45, 7) is 4.89. The van der Waals surface area contributed by atoms with Gasteiger partial charge in [0.25, 0.3) is 5.91 Å². The van der Waals surface area contributed by atoms with Crippen LogP contribution < -0.4 is 20.9 Å². The highest BCUT2D eigenvalue weighted by molar-refractivity contribution is 6.11. The van der Waals surface area contributed by atoms with Crippen LogP contribution in [0.5, 0.6) is 11.5 Å². The number of piperazine rings is 1. The van der Waals surface area contributed by atoms with Gasteiger partial charge in [-0.25, -0.2) is 8.78 Å². The first kappa shape index (κ1) is 27.0. The molecule has 0 bridgehead atoms. The number of rotatable bonds is 7. The van der Waals surface area contributed by atoms with Gasteiger partial charge in [0.05, 0.1) is 19.8 Å². The van der Waals surface area contributed by atoms with Crippen LogP contribution in [0, 0.1) is 11.6 Å². The van der Waals surface area contributed by atoms with E-state index in [1.165, 1.54) is 32.4 Å². The highest BCUT2D eigenvalue weighted by atomic mass is 19.1. The van der Waals surface area contributed by atoms with E-state index in [-0.39, 0.29) is 39.7 Å². The molecule has 0 aliphatic carbocycles. The number of anilines is 1. The largest absolute Gasteiger partial charge is 0.494 e. The molecule has 1 amide bonds. The zero-order valence-corrected chi connectivity index (χ0v) is 21.6. The quantitative estimate of drug-likeness (QED) is 0.277. The summed E-state index contributed by atoms with van der Waals surface area (Å²) in [6.07, 6.45) is 0. The highest BCUT2D eigenvalue weighted by Crippen LogP contribution is 2.38. The predicted octanol–water partition coefficient (Wildman–Crippen LogP) is 3.52. The number of ether oxygens (including phenoxy) is 2. The second-order valence-corrected chi connectivity index (χ2v) is 9.16. The summed E-state index contributed by atoms with van der Waals surface area (Å²) in [5, 5.41) is 0. The van der Waals surface area contributed by atoms with E-state index in [4.69, 9.17) is 20.9 Å². The Morgan fingerprint density at radius 1 is 0.947 bits per heavy atom. The third-order valence-corrected chi connectivity index (χ3v) is 6.61. The van der Waals surface area contributed by atoms with Crippen molar-refractivity contribution < 1.29 is 23.0 Å². The molecule has 4 rings (SSSR count). The van der Waals surface area contributed by atoms with E-state index in [0.29, 0.717) is 5.56 Å². The third kappa shape index (κ3) is 5.76. The van der Waals surface area contributed by atoms with Gasteiger partial charge in [0.2, 0.25) is 0 Å². The van der Waals surface area contributed by atoms with Crippen molar-refractivity contribution in [1.82, 2.24) is 9.80 Å². The van der Waals surface area contributed by atoms with E-state index in [9.17, 15) is 13.6 Å². The maximum absolute atomic E-state index is 14.9. The number of nitrogen functional groups attached to an aromatic ring is 1. The zero-order valence-electron chi connectivity index (χ0n) is 21.6. The monoisotopic (exact) mass is 523 g/mol. The molecule has 1 aliphatic heterocycles. The van der Waals surface area contributed by atoms with Gasteiger partial charge in [0.15, 0.2) is 23.1 Å². The minimum Gasteiger partial charge on any atom is -0.494 e. The van der Waals surface area contributed by atoms with E-state index in [1.54, 1.807) is 12.1 Å². The number of hydrogen-bond donors (Lipinski definition) is 2. The first-order valence-corrected chi connectivity index (χ1v) is 12.1. The molecule has 1 fully saturated rings. The average Bonchev–Trinajstić information content (AvgIpc) is 2.90. The van der Waals surface area contributed by atoms with Crippen molar-refractivity contribution in [2.75, 3.05) is 53.2 Å². The molecule has 0 saturated carbocycles. The average molecular weight is 524 g/mol. The number of carbonyl (C=O) groups is 1. The molecule has 38 heavy (non-hydrogen) atoms. The van der Waals surface area contributed by atoms with E-state index < -0.39 is 17.5 Å². The van der Waals surface area contributed by atoms with Crippen molar-refractivity contribution in [2.24, 2.45) is 10.7 Å². The van der Waals surface area contributed by atoms with Crippen LogP contribution in [0.25, 0.3) is 11.1 Å². The number of nitrogens with zero attached hydrogens (tertiary/aromatic N) is 3. The SMILES string of the molecule is COc1cc(OC)c(F)c(-c2ccc(C(N)=NC(=O)c3ccc(CN4CCN(C)CC4)cc3)c(N)c2)c1F. The summed E-state index contributed by atoms with van der Waals surface area (Å²) in [7, 11) is 4.65. The first-order valence-electron chi connectivity index (χ1n) is 12.1. The number of amides is 1. The maximum Gasteiger partial charge on any atom is 0.278 e. The minimum atomic E-state index is -0.897. The van der Waals surface area contributed by atoms with Crippen molar-refractivity contribution in [2.45, 2.75) is 6.54 Å². The molecular formula is C28H31F2N5O3. The smallest absolute Gasteiger partial charge is 0.278 e. The molecule has 4 N–H and O–H groups in total. The standard InChI is InChI=1S/C28H31F2N5O3/c1-34-10-12-35(13-11-34)16-17-4-6-18(7-5-17)28(36)33-27(32)20-9-8-19(14-21(20)31)24-25(29)22(37-2)15-23(38-3)26(24)30/h4-9,14-15H,10-13,16,31H2,1-3H3,(H2,32,33,36). The topological polar surface area (TPSA) is 106 Å². The van der Waals surface area contributed by atoms with Gasteiger partial charge in [-0.15, -0.1) is 0 Å². The van der Waals surface area contributed by atoms with Gasteiger partial charge in [0, 0.05) is 55.6 Å². The Morgan fingerprint density at radius 3 is 2.11 bits per heavy atom. The summed E-state index contributed by atoms with van der Waals surface area (Å²) < 4.78 is 39.8. The van der Waals surface area contributed by atoms with Gasteiger partial charge in [-0.2, -0.15) is 4.99 Å². The molecule has 0 atom stereocenters. The lowest BCUT2D eigenvalue weighted by Gasteiger charge is -2.32. The van der Waals surface area contributed by atoms with Crippen molar-refractivity contribution in [3.63, 3.8) is 0 Å². The molecule has 0 aromatic heterocycles. The Labute approximate surface area is 220 Å². The second-order valence-electron chi connectivity index (χ2n) is 9.16. The van der Waals surface area contributed by atoms with Crippen LogP contribution in [0.2, 0.25) is 0 Å². The third-order valence-electron chi connectivity index (χ3n) is 6.61. The number of likely N-dealkylation sites (N-methyl/N-ethyl adjacent to an activating group) is 1. The van der Waals surface area contributed by atoms with Crippen LogP contribution in [0.15, 0.2) is 53.5 Å². The number of benzene rings is 3. The van der Waals surface area contributed by atoms with Crippen LogP contribution in [-0.2, 0) is 6.54 Å². The van der Waals surface area contributed by atoms with Gasteiger partial charge >= 0.3 is 0 Å². The predicted molar refractivity (Wildman–Crippen MR) is 144 cm³/mol. The fourth-order valence-electron chi connectivity index (χ4n) is 4.34. The summed E-state index contributed by atoms with van der Waals surface area (Å²) in [6, 6.07) is 12.6. The fourth-order valence-corrected chi connectivity index (χ4v) is 4.34. The van der Waals surface area contributed by atoms with Crippen molar-refractivity contribution in [3.8, 4) is 22.6 Å². The van der Waals surface area contributed by atoms with Crippen LogP contribution in [0.4, 0.5) is 14.5 Å². The Hall–Kier alpha value is -4.02. The van der Waals surface area contributed by atoms with Crippen LogP contribution >= 0.6 is 0 Å². The lowest BCUT2D eigenvalue weighted by Crippen LogP contribution is -2.43. The Bertz CT molecular complexity index is 1330. The molecule has 0 radical (unpaired) electrons. The molecule has 1 aliphatic rings. The van der Waals surface area contributed by atoms with Gasteiger partial charge in [-0.3, -0.25) is 9.69 Å². The van der Waals surface area contributed by atoms with Gasteiger partial charge in [-0.05, 0) is 42.4 Å². The number of hydrogen-bond acceptors (Lipinski definition) is 6. The van der Waals surface area contributed by atoms with Crippen LogP contribution in [0.3, 0.4) is 0 Å². The molecular weight excluding hydrogens is 492 g/mol. The second kappa shape index (κ2) is 11.6. The fraction of sp³-hybridized carbons (Fsp3) is 0.286. The Balaban J connectivity index is 1.52. The van der Waals surface area contributed by atoms with E-state index in [1.807, 2.05) is 12.1 Å². The molecule has 0 unspecified atom stereocenters. The molecule has 3 aromatic carbocycles. The first-order chi connectivity index (χ1) is 18.2. The van der Waals surface area contributed by atoms with Crippen molar-refractivity contribution in [1.29, 1.82) is 0 Å². The minimum absolute atomic E-state index is 0.0969. The molecule has 1 heterocycles. The van der Waals surface area contributed by atoms with E-state index in [0.717, 1.165) is 44.4 Å². The summed E-state index contributed by atoms with van der Waals surface area (Å²) in [4.78, 5) is 21.4. The van der Waals surface area contributed by atoms with Crippen molar-refractivity contribution >= 4 is 17.4 Å².